The van der Waals surface area contributed by atoms with Crippen LogP contribution in [-0.4, -0.2) is 23.7 Å². The molecule has 0 bridgehead atoms. The highest BCUT2D eigenvalue weighted by molar-refractivity contribution is 5.80. The van der Waals surface area contributed by atoms with Gasteiger partial charge in [-0.3, -0.25) is 0 Å². The van der Waals surface area contributed by atoms with Crippen molar-refractivity contribution in [3.8, 4) is 0 Å². The molecule has 0 aromatic carbocycles. The predicted molar refractivity (Wildman–Crippen MR) is 60.8 cm³/mol. The summed E-state index contributed by atoms with van der Waals surface area (Å²) >= 11 is 0. The third kappa shape index (κ3) is 4.47. The molecule has 0 amide bonds. The van der Waals surface area contributed by atoms with E-state index in [-0.39, 0.29) is 0 Å². The molecule has 1 aliphatic rings. The lowest BCUT2D eigenvalue weighted by Gasteiger charge is -2.20. The molecule has 0 aromatic heterocycles. The zero-order chi connectivity index (χ0) is 11.3. The average Bonchev–Trinajstić information content (AvgIpc) is 2.65. The predicted octanol–water partition coefficient (Wildman–Crippen LogP) is 2.19. The molecule has 0 radical (unpaired) electrons. The summed E-state index contributed by atoms with van der Waals surface area (Å²) < 4.78 is 0. The molecule has 1 fully saturated rings. The summed E-state index contributed by atoms with van der Waals surface area (Å²) in [6.45, 7) is 4.73. The lowest BCUT2D eigenvalue weighted by molar-refractivity contribution is -0.131. The molecule has 1 rings (SSSR count). The molecule has 1 atom stereocenters. The molecule has 1 saturated carbocycles. The second-order valence-corrected chi connectivity index (χ2v) is 4.54. The Morgan fingerprint density at radius 3 is 2.67 bits per heavy atom. The van der Waals surface area contributed by atoms with Gasteiger partial charge in [0.05, 0.1) is 0 Å². The number of aliphatic carboxylic acids is 1. The van der Waals surface area contributed by atoms with E-state index in [2.05, 4.69) is 12.2 Å². The first kappa shape index (κ1) is 12.2. The van der Waals surface area contributed by atoms with Gasteiger partial charge in [0.1, 0.15) is 0 Å². The third-order valence-corrected chi connectivity index (χ3v) is 3.18. The summed E-state index contributed by atoms with van der Waals surface area (Å²) in [5, 5.41) is 12.0. The van der Waals surface area contributed by atoms with Crippen molar-refractivity contribution in [2.75, 3.05) is 6.54 Å². The molecule has 0 unspecified atom stereocenters. The van der Waals surface area contributed by atoms with E-state index in [0.29, 0.717) is 12.6 Å². The fraction of sp³-hybridized carbons (Fsp3) is 0.750. The van der Waals surface area contributed by atoms with E-state index in [1.807, 2.05) is 6.92 Å². The lowest BCUT2D eigenvalue weighted by Crippen LogP contribution is -2.33. The topological polar surface area (TPSA) is 49.3 Å². The fourth-order valence-electron chi connectivity index (χ4n) is 2.21. The van der Waals surface area contributed by atoms with Crippen LogP contribution in [0.5, 0.6) is 0 Å². The maximum absolute atomic E-state index is 10.4. The number of hydrogen-bond donors (Lipinski definition) is 2. The molecular weight excluding hydrogens is 190 g/mol. The molecule has 0 saturated heterocycles. The number of nitrogens with one attached hydrogen (secondary N) is 1. The molecule has 0 aromatic rings. The van der Waals surface area contributed by atoms with E-state index in [9.17, 15) is 4.79 Å². The Bertz CT molecular complexity index is 242. The molecule has 2 N–H and O–H groups in total. The highest BCUT2D eigenvalue weighted by Gasteiger charge is 2.20. The van der Waals surface area contributed by atoms with E-state index < -0.39 is 5.97 Å². The monoisotopic (exact) mass is 211 g/mol. The van der Waals surface area contributed by atoms with Crippen molar-refractivity contribution in [2.45, 2.75) is 45.6 Å². The first-order valence-electron chi connectivity index (χ1n) is 5.73. The van der Waals surface area contributed by atoms with Gasteiger partial charge in [-0.2, -0.15) is 0 Å². The van der Waals surface area contributed by atoms with E-state index in [0.717, 1.165) is 11.5 Å². The van der Waals surface area contributed by atoms with Gasteiger partial charge in [0.25, 0.3) is 0 Å². The van der Waals surface area contributed by atoms with Gasteiger partial charge in [-0.25, -0.2) is 4.79 Å². The van der Waals surface area contributed by atoms with Crippen molar-refractivity contribution in [1.82, 2.24) is 5.32 Å². The van der Waals surface area contributed by atoms with Crippen LogP contribution in [-0.2, 0) is 4.79 Å². The number of carboxylic acids is 1. The van der Waals surface area contributed by atoms with E-state index in [1.165, 1.54) is 31.8 Å². The molecule has 15 heavy (non-hydrogen) atoms. The normalized spacial score (nSPS) is 20.5. The quantitative estimate of drug-likeness (QED) is 0.685. The summed E-state index contributed by atoms with van der Waals surface area (Å²) in [6, 6.07) is 0.504. The van der Waals surface area contributed by atoms with Crippen LogP contribution in [0.3, 0.4) is 0 Å². The van der Waals surface area contributed by atoms with Crippen molar-refractivity contribution in [2.24, 2.45) is 5.92 Å². The second-order valence-electron chi connectivity index (χ2n) is 4.54. The molecular formula is C12H21NO2. The van der Waals surface area contributed by atoms with E-state index in [4.69, 9.17) is 5.11 Å². The van der Waals surface area contributed by atoms with Gasteiger partial charge in [0.2, 0.25) is 0 Å². The standard InChI is InChI=1S/C12H21NO2/c1-9(7-12(14)15)8-13-10(2)11-5-3-4-6-11/h7,10-11,13H,3-6,8H2,1-2H3,(H,14,15)/t10-/m0/s1. The van der Waals surface area contributed by atoms with Gasteiger partial charge in [-0.1, -0.05) is 18.4 Å². The van der Waals surface area contributed by atoms with Crippen LogP contribution in [0.4, 0.5) is 0 Å². The summed E-state index contributed by atoms with van der Waals surface area (Å²) in [6.07, 6.45) is 6.60. The first-order valence-corrected chi connectivity index (χ1v) is 5.73. The van der Waals surface area contributed by atoms with Crippen LogP contribution in [0, 0.1) is 5.92 Å². The molecule has 3 heteroatoms. The van der Waals surface area contributed by atoms with Crippen LogP contribution in [0.2, 0.25) is 0 Å². The summed E-state index contributed by atoms with van der Waals surface area (Å²) in [7, 11) is 0. The number of rotatable bonds is 5. The van der Waals surface area contributed by atoms with Gasteiger partial charge >= 0.3 is 5.97 Å². The minimum absolute atomic E-state index is 0.504. The largest absolute Gasteiger partial charge is 0.478 e. The molecule has 0 spiro atoms. The van der Waals surface area contributed by atoms with Gasteiger partial charge in [0, 0.05) is 18.7 Å². The molecule has 1 aliphatic carbocycles. The SMILES string of the molecule is CC(=CC(=O)O)CN[C@@H](C)C1CCCC1. The van der Waals surface area contributed by atoms with Crippen LogP contribution >= 0.6 is 0 Å². The Kier molecular flexibility index (Phi) is 4.82. The Morgan fingerprint density at radius 2 is 2.13 bits per heavy atom. The Balaban J connectivity index is 2.26. The maximum Gasteiger partial charge on any atom is 0.328 e. The highest BCUT2D eigenvalue weighted by atomic mass is 16.4. The second kappa shape index (κ2) is 5.91. The lowest BCUT2D eigenvalue weighted by atomic mass is 10.00. The minimum Gasteiger partial charge on any atom is -0.478 e. The van der Waals surface area contributed by atoms with Crippen LogP contribution in [0.25, 0.3) is 0 Å². The average molecular weight is 211 g/mol. The summed E-state index contributed by atoms with van der Waals surface area (Å²) in [5.41, 5.74) is 0.882. The third-order valence-electron chi connectivity index (χ3n) is 3.18. The molecule has 3 nitrogen and oxygen atoms in total. The Morgan fingerprint density at radius 1 is 1.53 bits per heavy atom. The highest BCUT2D eigenvalue weighted by Crippen LogP contribution is 2.27. The van der Waals surface area contributed by atoms with Crippen LogP contribution in [0.15, 0.2) is 11.6 Å². The van der Waals surface area contributed by atoms with Gasteiger partial charge in [-0.05, 0) is 32.6 Å². The van der Waals surface area contributed by atoms with Crippen molar-refractivity contribution in [3.63, 3.8) is 0 Å². The molecule has 86 valence electrons. The number of carbonyl (C=O) groups is 1. The van der Waals surface area contributed by atoms with Gasteiger partial charge < -0.3 is 10.4 Å². The van der Waals surface area contributed by atoms with E-state index in [1.54, 1.807) is 0 Å². The van der Waals surface area contributed by atoms with Gasteiger partial charge in [-0.15, -0.1) is 0 Å². The minimum atomic E-state index is -0.859. The zero-order valence-electron chi connectivity index (χ0n) is 9.62. The van der Waals surface area contributed by atoms with Crippen molar-refractivity contribution in [1.29, 1.82) is 0 Å². The molecule has 0 aliphatic heterocycles. The maximum atomic E-state index is 10.4. The first-order chi connectivity index (χ1) is 7.09. The Hall–Kier alpha value is -0.830. The van der Waals surface area contributed by atoms with E-state index >= 15 is 0 Å². The van der Waals surface area contributed by atoms with Crippen LogP contribution < -0.4 is 5.32 Å². The number of hydrogen-bond acceptors (Lipinski definition) is 2. The van der Waals surface area contributed by atoms with Crippen molar-refractivity contribution < 1.29 is 9.90 Å². The van der Waals surface area contributed by atoms with Crippen molar-refractivity contribution >= 4 is 5.97 Å². The fourth-order valence-corrected chi connectivity index (χ4v) is 2.21. The summed E-state index contributed by atoms with van der Waals surface area (Å²) in [5.74, 6) is -0.0783. The van der Waals surface area contributed by atoms with Gasteiger partial charge in [0.15, 0.2) is 0 Å². The molecule has 0 heterocycles. The summed E-state index contributed by atoms with van der Waals surface area (Å²) in [4.78, 5) is 10.4. The van der Waals surface area contributed by atoms with Crippen LogP contribution in [0.1, 0.15) is 39.5 Å². The Labute approximate surface area is 91.6 Å². The smallest absolute Gasteiger partial charge is 0.328 e. The number of carboxylic acid groups (broad SMARTS) is 1. The van der Waals surface area contributed by atoms with Crippen molar-refractivity contribution in [3.05, 3.63) is 11.6 Å². The zero-order valence-corrected chi connectivity index (χ0v) is 9.62.